The fraction of sp³-hybridized carbons (Fsp3) is 0. The van der Waals surface area contributed by atoms with Gasteiger partial charge in [0.15, 0.2) is 5.11 Å². The van der Waals surface area contributed by atoms with Crippen LogP contribution in [-0.4, -0.2) is 19.4 Å². The van der Waals surface area contributed by atoms with Gasteiger partial charge in [0.1, 0.15) is 0 Å². The van der Waals surface area contributed by atoms with Crippen molar-refractivity contribution in [2.45, 2.75) is 0 Å². The second-order valence-electron chi connectivity index (χ2n) is 5.26. The van der Waals surface area contributed by atoms with Gasteiger partial charge >= 0.3 is 0 Å². The lowest BCUT2D eigenvalue weighted by molar-refractivity contribution is 0.0977. The van der Waals surface area contributed by atoms with Gasteiger partial charge in [-0.2, -0.15) is 0 Å². The Balaban J connectivity index is 2.00. The van der Waals surface area contributed by atoms with E-state index in [0.29, 0.717) is 22.4 Å². The third-order valence-corrected chi connectivity index (χ3v) is 5.87. The molecule has 1 aliphatic rings. The Morgan fingerprint density at radius 3 is 2.44 bits per heavy atom. The highest BCUT2D eigenvalue weighted by atomic mass is 32.2. The minimum atomic E-state index is -3.95. The molecule has 7 heteroatoms. The number of nitrogens with one attached hydrogen (secondary N) is 1. The largest absolute Gasteiger partial charge is 0.298 e. The summed E-state index contributed by atoms with van der Waals surface area (Å²) in [5, 5.41) is 2.24. The van der Waals surface area contributed by atoms with E-state index in [1.54, 1.807) is 54.6 Å². The van der Waals surface area contributed by atoms with Gasteiger partial charge in [-0.3, -0.25) is 10.1 Å². The lowest BCUT2D eigenvalue weighted by Crippen LogP contribution is -2.44. The number of benzene rings is 2. The first-order valence-electron chi connectivity index (χ1n) is 7.28. The van der Waals surface area contributed by atoms with Crippen LogP contribution in [0.5, 0.6) is 0 Å². The van der Waals surface area contributed by atoms with E-state index in [4.69, 9.17) is 12.2 Å². The highest BCUT2D eigenvalue weighted by Gasteiger charge is 2.41. The molecule has 126 valence electrons. The van der Waals surface area contributed by atoms with E-state index in [1.165, 1.54) is 0 Å². The molecule has 5 nitrogen and oxygen atoms in total. The van der Waals surface area contributed by atoms with E-state index in [-0.39, 0.29) is 10.0 Å². The molecule has 1 heterocycles. The van der Waals surface area contributed by atoms with Gasteiger partial charge in [-0.05, 0) is 36.0 Å². The van der Waals surface area contributed by atoms with Crippen molar-refractivity contribution in [3.8, 4) is 0 Å². The number of nitrogens with zero attached hydrogens (tertiary/aromatic N) is 1. The molecule has 0 unspecified atom stereocenters. The van der Waals surface area contributed by atoms with Crippen molar-refractivity contribution in [2.75, 3.05) is 4.31 Å². The zero-order valence-corrected chi connectivity index (χ0v) is 14.7. The monoisotopic (exact) mass is 370 g/mol. The van der Waals surface area contributed by atoms with Crippen LogP contribution in [0, 0.1) is 0 Å². The van der Waals surface area contributed by atoms with Crippen LogP contribution in [0.2, 0.25) is 0 Å². The SMILES string of the molecule is C=Cc1cccc2c1C(=C)S(=O)(=O)N2C(=S)NC(=O)c1ccccc1. The Bertz CT molecular complexity index is 1010. The van der Waals surface area contributed by atoms with Crippen LogP contribution in [-0.2, 0) is 10.0 Å². The van der Waals surface area contributed by atoms with E-state index < -0.39 is 15.9 Å². The summed E-state index contributed by atoms with van der Waals surface area (Å²) in [6, 6.07) is 13.4. The fourth-order valence-electron chi connectivity index (χ4n) is 2.60. The van der Waals surface area contributed by atoms with Crippen molar-refractivity contribution < 1.29 is 13.2 Å². The number of sulfonamides is 1. The zero-order chi connectivity index (χ0) is 18.2. The van der Waals surface area contributed by atoms with Crippen LogP contribution >= 0.6 is 12.2 Å². The highest BCUT2D eigenvalue weighted by molar-refractivity contribution is 8.04. The van der Waals surface area contributed by atoms with Crippen LogP contribution in [0.4, 0.5) is 5.69 Å². The van der Waals surface area contributed by atoms with Gasteiger partial charge < -0.3 is 0 Å². The molecule has 1 aliphatic heterocycles. The summed E-state index contributed by atoms with van der Waals surface area (Å²) in [7, 11) is -3.95. The normalized spacial score (nSPS) is 14.7. The van der Waals surface area contributed by atoms with Crippen LogP contribution in [0.1, 0.15) is 21.5 Å². The molecule has 1 N–H and O–H groups in total. The van der Waals surface area contributed by atoms with Crippen molar-refractivity contribution in [1.29, 1.82) is 0 Å². The first kappa shape index (κ1) is 17.1. The minimum Gasteiger partial charge on any atom is -0.298 e. The quantitative estimate of drug-likeness (QED) is 0.825. The van der Waals surface area contributed by atoms with Gasteiger partial charge in [-0.25, -0.2) is 12.7 Å². The maximum Gasteiger partial charge on any atom is 0.270 e. The number of anilines is 1. The molecule has 1 amide bonds. The van der Waals surface area contributed by atoms with E-state index in [1.807, 2.05) is 0 Å². The summed E-state index contributed by atoms with van der Waals surface area (Å²) in [6.45, 7) is 7.37. The molecule has 0 aromatic heterocycles. The number of hydrogen-bond donors (Lipinski definition) is 1. The van der Waals surface area contributed by atoms with Gasteiger partial charge in [0.2, 0.25) is 0 Å². The Kier molecular flexibility index (Phi) is 4.28. The topological polar surface area (TPSA) is 66.5 Å². The smallest absolute Gasteiger partial charge is 0.270 e. The summed E-state index contributed by atoms with van der Waals surface area (Å²) in [4.78, 5) is 12.2. The van der Waals surface area contributed by atoms with Gasteiger partial charge in [-0.15, -0.1) is 0 Å². The summed E-state index contributed by atoms with van der Waals surface area (Å²) < 4.78 is 26.4. The number of amides is 1. The fourth-order valence-corrected chi connectivity index (χ4v) is 4.46. The molecule has 2 aromatic rings. The Morgan fingerprint density at radius 2 is 1.80 bits per heavy atom. The van der Waals surface area contributed by atoms with Crippen molar-refractivity contribution in [3.63, 3.8) is 0 Å². The summed E-state index contributed by atoms with van der Waals surface area (Å²) >= 11 is 5.20. The number of rotatable bonds is 2. The van der Waals surface area contributed by atoms with E-state index >= 15 is 0 Å². The standard InChI is InChI=1S/C18H14N2O3S2/c1-3-13-10-7-11-15-16(13)12(2)25(22,23)20(15)18(24)19-17(21)14-8-5-4-6-9-14/h3-11H,1-2H2,(H,19,21,24). The summed E-state index contributed by atoms with van der Waals surface area (Å²) in [5.41, 5.74) is 1.79. The zero-order valence-electron chi connectivity index (χ0n) is 13.1. The Hall–Kier alpha value is -2.77. The molecule has 0 fully saturated rings. The lowest BCUT2D eigenvalue weighted by atomic mass is 10.1. The average molecular weight is 370 g/mol. The predicted molar refractivity (Wildman–Crippen MR) is 103 cm³/mol. The second kappa shape index (κ2) is 6.27. The Labute approximate surface area is 151 Å². The number of fused-ring (bicyclic) bond motifs is 1. The minimum absolute atomic E-state index is 0.0747. The van der Waals surface area contributed by atoms with Gasteiger partial charge in [0.25, 0.3) is 15.9 Å². The van der Waals surface area contributed by atoms with Gasteiger partial charge in [-0.1, -0.05) is 49.6 Å². The first-order valence-corrected chi connectivity index (χ1v) is 9.13. The molecule has 25 heavy (non-hydrogen) atoms. The van der Waals surface area contributed by atoms with E-state index in [2.05, 4.69) is 18.5 Å². The Morgan fingerprint density at radius 1 is 1.12 bits per heavy atom. The maximum absolute atomic E-state index is 12.7. The molecule has 3 rings (SSSR count). The molecular weight excluding hydrogens is 356 g/mol. The molecule has 0 bridgehead atoms. The molecular formula is C18H14N2O3S2. The molecule has 0 spiro atoms. The highest BCUT2D eigenvalue weighted by Crippen LogP contribution is 2.43. The van der Waals surface area contributed by atoms with Crippen LogP contribution < -0.4 is 9.62 Å². The lowest BCUT2D eigenvalue weighted by Gasteiger charge is -2.19. The molecule has 0 saturated carbocycles. The molecule has 0 atom stereocenters. The van der Waals surface area contributed by atoms with Crippen molar-refractivity contribution in [3.05, 3.63) is 78.4 Å². The van der Waals surface area contributed by atoms with Crippen LogP contribution in [0.3, 0.4) is 0 Å². The molecule has 2 aromatic carbocycles. The number of thiocarbonyl (C=S) groups is 1. The molecule has 0 aliphatic carbocycles. The van der Waals surface area contributed by atoms with Crippen molar-refractivity contribution in [2.24, 2.45) is 0 Å². The average Bonchev–Trinajstić information content (AvgIpc) is 2.81. The molecule has 0 saturated heterocycles. The van der Waals surface area contributed by atoms with Gasteiger partial charge in [0, 0.05) is 11.1 Å². The van der Waals surface area contributed by atoms with Crippen molar-refractivity contribution >= 4 is 49.9 Å². The first-order chi connectivity index (χ1) is 11.9. The second-order valence-corrected chi connectivity index (χ2v) is 7.46. The molecule has 0 radical (unpaired) electrons. The van der Waals surface area contributed by atoms with Crippen molar-refractivity contribution in [1.82, 2.24) is 5.32 Å². The maximum atomic E-state index is 12.7. The van der Waals surface area contributed by atoms with E-state index in [9.17, 15) is 13.2 Å². The third-order valence-electron chi connectivity index (χ3n) is 3.78. The van der Waals surface area contributed by atoms with Gasteiger partial charge in [0.05, 0.1) is 10.6 Å². The number of carbonyl (C=O) groups is 1. The third kappa shape index (κ3) is 2.77. The van der Waals surface area contributed by atoms with Crippen LogP contribution in [0.25, 0.3) is 11.0 Å². The number of hydrogen-bond acceptors (Lipinski definition) is 4. The van der Waals surface area contributed by atoms with Crippen LogP contribution in [0.15, 0.2) is 61.7 Å². The summed E-state index contributed by atoms with van der Waals surface area (Å²) in [5.74, 6) is -0.486. The predicted octanol–water partition coefficient (Wildman–Crippen LogP) is 3.17. The van der Waals surface area contributed by atoms with E-state index in [0.717, 1.165) is 4.31 Å². The summed E-state index contributed by atoms with van der Waals surface area (Å²) in [6.07, 6.45) is 1.55. The number of carbonyl (C=O) groups excluding carboxylic acids is 1.